The topological polar surface area (TPSA) is 44.9 Å². The van der Waals surface area contributed by atoms with Crippen molar-refractivity contribution in [2.75, 3.05) is 0 Å². The summed E-state index contributed by atoms with van der Waals surface area (Å²) >= 11 is 5.89. The molecule has 0 saturated heterocycles. The summed E-state index contributed by atoms with van der Waals surface area (Å²) in [6, 6.07) is 6.46. The third kappa shape index (κ3) is 4.69. The van der Waals surface area contributed by atoms with Gasteiger partial charge in [0.2, 0.25) is 0 Å². The van der Waals surface area contributed by atoms with Crippen molar-refractivity contribution in [3.05, 3.63) is 76.0 Å². The minimum Gasteiger partial charge on any atom is -0.381 e. The maximum Gasteiger partial charge on any atom is 0.151 e. The van der Waals surface area contributed by atoms with E-state index in [1.54, 1.807) is 12.1 Å². The summed E-state index contributed by atoms with van der Waals surface area (Å²) in [6.45, 7) is 8.19. The number of benzene rings is 1. The van der Waals surface area contributed by atoms with Crippen LogP contribution in [0.5, 0.6) is 0 Å². The van der Waals surface area contributed by atoms with Crippen molar-refractivity contribution in [3.8, 4) is 0 Å². The summed E-state index contributed by atoms with van der Waals surface area (Å²) in [5.41, 5.74) is 4.40. The Morgan fingerprint density at radius 3 is 2.67 bits per heavy atom. The van der Waals surface area contributed by atoms with E-state index < -0.39 is 5.82 Å². The summed E-state index contributed by atoms with van der Waals surface area (Å²) < 4.78 is 13.4. The quantitative estimate of drug-likeness (QED) is 0.582. The highest BCUT2D eigenvalue weighted by Gasteiger charge is 2.18. The Balaban J connectivity index is 0.00000126. The first-order chi connectivity index (χ1) is 13.0. The molecule has 0 bridgehead atoms. The molecule has 0 saturated carbocycles. The number of H-pyrrole nitrogens is 1. The fraction of sp³-hybridized carbons (Fsp3) is 0.318. The number of carbonyl (C=O) groups is 1. The molecule has 2 N–H and O–H groups in total. The van der Waals surface area contributed by atoms with Crippen LogP contribution in [0, 0.1) is 5.82 Å². The molecule has 1 aliphatic rings. The van der Waals surface area contributed by atoms with Gasteiger partial charge in [-0.15, -0.1) is 0 Å². The monoisotopic (exact) mass is 388 g/mol. The first-order valence-corrected chi connectivity index (χ1v) is 9.69. The molecule has 0 amide bonds. The van der Waals surface area contributed by atoms with E-state index in [1.165, 1.54) is 6.07 Å². The number of nitrogens with one attached hydrogen (secondary N) is 2. The molecule has 2 heterocycles. The maximum absolute atomic E-state index is 13.4. The van der Waals surface area contributed by atoms with Gasteiger partial charge in [0.1, 0.15) is 5.82 Å². The summed E-state index contributed by atoms with van der Waals surface area (Å²) in [7, 11) is 0. The molecule has 0 radical (unpaired) electrons. The van der Waals surface area contributed by atoms with Gasteiger partial charge in [-0.1, -0.05) is 45.4 Å². The summed E-state index contributed by atoms with van der Waals surface area (Å²) in [4.78, 5) is 14.8. The number of aromatic amines is 1. The minimum atomic E-state index is -0.431. The highest BCUT2D eigenvalue weighted by molar-refractivity contribution is 6.30. The third-order valence-electron chi connectivity index (χ3n) is 4.61. The van der Waals surface area contributed by atoms with Crippen molar-refractivity contribution in [3.63, 3.8) is 0 Å². The molecular formula is C22H26ClFN2O. The van der Waals surface area contributed by atoms with Crippen LogP contribution in [0.15, 0.2) is 42.6 Å². The normalized spacial score (nSPS) is 16.7. The number of hydrogen-bond donors (Lipinski definition) is 2. The van der Waals surface area contributed by atoms with Crippen molar-refractivity contribution >= 4 is 23.5 Å². The molecule has 2 atom stereocenters. The lowest BCUT2D eigenvalue weighted by atomic mass is 9.99. The second-order valence-corrected chi connectivity index (χ2v) is 6.66. The van der Waals surface area contributed by atoms with Gasteiger partial charge in [-0.05, 0) is 60.0 Å². The predicted molar refractivity (Wildman–Crippen MR) is 111 cm³/mol. The SMILES string of the molecule is CC.CCC(C)c1[nH]c(C2=CC(c3ccc(F)c(Cl)c3)NC=C2)cc1C=O. The van der Waals surface area contributed by atoms with Crippen LogP contribution in [0.1, 0.15) is 73.4 Å². The molecule has 2 unspecified atom stereocenters. The van der Waals surface area contributed by atoms with E-state index in [0.29, 0.717) is 5.56 Å². The van der Waals surface area contributed by atoms with Crippen LogP contribution in [0.3, 0.4) is 0 Å². The molecule has 3 rings (SSSR count). The Labute approximate surface area is 165 Å². The number of aldehydes is 1. The van der Waals surface area contributed by atoms with Crippen molar-refractivity contribution in [2.45, 2.75) is 46.1 Å². The van der Waals surface area contributed by atoms with Crippen LogP contribution in [0.25, 0.3) is 5.57 Å². The molecule has 5 heteroatoms. The lowest BCUT2D eigenvalue weighted by Gasteiger charge is -2.19. The predicted octanol–water partition coefficient (Wildman–Crippen LogP) is 6.40. The molecule has 1 aromatic heterocycles. The summed E-state index contributed by atoms with van der Waals surface area (Å²) in [6.07, 6.45) is 7.67. The van der Waals surface area contributed by atoms with Crippen LogP contribution in [0.2, 0.25) is 5.02 Å². The largest absolute Gasteiger partial charge is 0.381 e. The molecule has 1 aromatic carbocycles. The molecule has 0 fully saturated rings. The van der Waals surface area contributed by atoms with Gasteiger partial charge in [-0.25, -0.2) is 4.39 Å². The summed E-state index contributed by atoms with van der Waals surface area (Å²) in [5, 5.41) is 3.33. The van der Waals surface area contributed by atoms with Crippen molar-refractivity contribution in [2.24, 2.45) is 0 Å². The van der Waals surface area contributed by atoms with E-state index in [2.05, 4.69) is 24.1 Å². The fourth-order valence-corrected chi connectivity index (χ4v) is 3.14. The van der Waals surface area contributed by atoms with Gasteiger partial charge in [0.25, 0.3) is 0 Å². The molecule has 2 aromatic rings. The van der Waals surface area contributed by atoms with Gasteiger partial charge in [0, 0.05) is 17.0 Å². The van der Waals surface area contributed by atoms with E-state index in [9.17, 15) is 9.18 Å². The maximum atomic E-state index is 13.4. The van der Waals surface area contributed by atoms with Gasteiger partial charge in [-0.3, -0.25) is 4.79 Å². The van der Waals surface area contributed by atoms with E-state index in [-0.39, 0.29) is 17.0 Å². The highest BCUT2D eigenvalue weighted by atomic mass is 35.5. The van der Waals surface area contributed by atoms with E-state index in [4.69, 9.17) is 11.6 Å². The average molecular weight is 389 g/mol. The van der Waals surface area contributed by atoms with Crippen LogP contribution in [-0.4, -0.2) is 11.3 Å². The van der Waals surface area contributed by atoms with Gasteiger partial charge in [0.15, 0.2) is 6.29 Å². The second kappa shape index (κ2) is 9.56. The van der Waals surface area contributed by atoms with Gasteiger partial charge in [-0.2, -0.15) is 0 Å². The van der Waals surface area contributed by atoms with Crippen LogP contribution < -0.4 is 5.32 Å². The molecule has 3 nitrogen and oxygen atoms in total. The number of aromatic nitrogens is 1. The molecular weight excluding hydrogens is 363 g/mol. The second-order valence-electron chi connectivity index (χ2n) is 6.25. The Hall–Kier alpha value is -2.33. The number of carbonyl (C=O) groups excluding carboxylic acids is 1. The Morgan fingerprint density at radius 2 is 2.04 bits per heavy atom. The zero-order chi connectivity index (χ0) is 20.0. The fourth-order valence-electron chi connectivity index (χ4n) is 2.95. The van der Waals surface area contributed by atoms with Crippen molar-refractivity contribution in [1.82, 2.24) is 10.3 Å². The molecule has 144 valence electrons. The van der Waals surface area contributed by atoms with Gasteiger partial charge < -0.3 is 10.3 Å². The van der Waals surface area contributed by atoms with E-state index >= 15 is 0 Å². The van der Waals surface area contributed by atoms with Crippen molar-refractivity contribution < 1.29 is 9.18 Å². The van der Waals surface area contributed by atoms with Gasteiger partial charge >= 0.3 is 0 Å². The number of rotatable bonds is 5. The molecule has 27 heavy (non-hydrogen) atoms. The first-order valence-electron chi connectivity index (χ1n) is 9.31. The number of halogens is 2. The van der Waals surface area contributed by atoms with Gasteiger partial charge in [0.05, 0.1) is 11.1 Å². The molecule has 0 spiro atoms. The first kappa shape index (κ1) is 21.0. The highest BCUT2D eigenvalue weighted by Crippen LogP contribution is 2.30. The van der Waals surface area contributed by atoms with Crippen molar-refractivity contribution in [1.29, 1.82) is 0 Å². The van der Waals surface area contributed by atoms with Crippen LogP contribution in [-0.2, 0) is 0 Å². The number of hydrogen-bond acceptors (Lipinski definition) is 2. The number of dihydropyridines is 1. The van der Waals surface area contributed by atoms with Crippen LogP contribution in [0.4, 0.5) is 4.39 Å². The number of allylic oxidation sites excluding steroid dienone is 2. The van der Waals surface area contributed by atoms with E-state index in [1.807, 2.05) is 38.3 Å². The average Bonchev–Trinajstić information content (AvgIpc) is 3.15. The molecule has 0 aliphatic carbocycles. The smallest absolute Gasteiger partial charge is 0.151 e. The summed E-state index contributed by atoms with van der Waals surface area (Å²) in [5.74, 6) is -0.147. The molecule has 1 aliphatic heterocycles. The zero-order valence-corrected chi connectivity index (χ0v) is 16.9. The standard InChI is InChI=1S/C20H20ClFN2O.C2H6/c1-3-12(2)20-15(11-25)10-19(24-20)14-6-7-23-18(9-14)13-4-5-17(22)16(21)8-13;1-2/h4-12,18,23-24H,3H2,1-2H3;1-2H3. The lowest BCUT2D eigenvalue weighted by molar-refractivity contribution is 0.112. The zero-order valence-electron chi connectivity index (χ0n) is 16.1. The Morgan fingerprint density at radius 1 is 1.30 bits per heavy atom. The Bertz CT molecular complexity index is 854. The lowest BCUT2D eigenvalue weighted by Crippen LogP contribution is -2.16. The van der Waals surface area contributed by atoms with Crippen LogP contribution >= 0.6 is 11.6 Å². The minimum absolute atomic E-state index is 0.103. The Kier molecular flexibility index (Phi) is 7.43. The third-order valence-corrected chi connectivity index (χ3v) is 4.90. The van der Waals surface area contributed by atoms with E-state index in [0.717, 1.165) is 35.2 Å².